The van der Waals surface area contributed by atoms with Gasteiger partial charge >= 0.3 is 0 Å². The summed E-state index contributed by atoms with van der Waals surface area (Å²) in [5.74, 6) is -0.251. The van der Waals surface area contributed by atoms with E-state index in [0.29, 0.717) is 5.69 Å². The zero-order valence-electron chi connectivity index (χ0n) is 14.0. The number of pyridine rings is 1. The number of rotatable bonds is 6. The van der Waals surface area contributed by atoms with E-state index in [-0.39, 0.29) is 30.5 Å². The minimum absolute atomic E-state index is 0.161. The van der Waals surface area contributed by atoms with E-state index in [4.69, 9.17) is 4.42 Å². The van der Waals surface area contributed by atoms with E-state index in [9.17, 15) is 9.59 Å². The van der Waals surface area contributed by atoms with Gasteiger partial charge in [0.15, 0.2) is 5.76 Å². The molecule has 3 rings (SSSR count). The van der Waals surface area contributed by atoms with Crippen LogP contribution in [-0.2, 0) is 4.79 Å². The quantitative estimate of drug-likeness (QED) is 0.842. The molecule has 2 N–H and O–H groups in total. The zero-order chi connectivity index (χ0) is 17.5. The highest BCUT2D eigenvalue weighted by atomic mass is 16.3. The van der Waals surface area contributed by atoms with Crippen LogP contribution in [0.25, 0.3) is 0 Å². The van der Waals surface area contributed by atoms with E-state index < -0.39 is 0 Å². The van der Waals surface area contributed by atoms with Crippen molar-refractivity contribution in [2.45, 2.75) is 25.7 Å². The van der Waals surface area contributed by atoms with E-state index >= 15 is 0 Å². The van der Waals surface area contributed by atoms with Crippen molar-refractivity contribution in [1.82, 2.24) is 10.3 Å². The Labute approximate surface area is 146 Å². The summed E-state index contributed by atoms with van der Waals surface area (Å²) in [5, 5.41) is 5.56. The van der Waals surface area contributed by atoms with Crippen LogP contribution in [0.3, 0.4) is 0 Å². The number of amides is 2. The fourth-order valence-electron chi connectivity index (χ4n) is 2.89. The Morgan fingerprint density at radius 3 is 2.80 bits per heavy atom. The molecule has 3 heterocycles. The van der Waals surface area contributed by atoms with Crippen LogP contribution in [0.2, 0.25) is 0 Å². The first-order chi connectivity index (χ1) is 12.2. The highest BCUT2D eigenvalue weighted by molar-refractivity contribution is 5.95. The third-order valence-electron chi connectivity index (χ3n) is 4.15. The van der Waals surface area contributed by atoms with E-state index in [2.05, 4.69) is 20.5 Å². The van der Waals surface area contributed by atoms with Crippen molar-refractivity contribution in [2.75, 3.05) is 29.9 Å². The smallest absolute Gasteiger partial charge is 0.286 e. The van der Waals surface area contributed by atoms with Gasteiger partial charge in [0.1, 0.15) is 0 Å². The number of anilines is 2. The summed E-state index contributed by atoms with van der Waals surface area (Å²) in [6.45, 7) is 2.23. The minimum atomic E-state index is -0.326. The van der Waals surface area contributed by atoms with Crippen molar-refractivity contribution in [3.8, 4) is 0 Å². The monoisotopic (exact) mass is 342 g/mol. The number of furan rings is 1. The van der Waals surface area contributed by atoms with Crippen LogP contribution in [-0.4, -0.2) is 36.4 Å². The van der Waals surface area contributed by atoms with Crippen LogP contribution >= 0.6 is 0 Å². The zero-order valence-corrected chi connectivity index (χ0v) is 14.0. The highest BCUT2D eigenvalue weighted by Crippen LogP contribution is 2.27. The Morgan fingerprint density at radius 1 is 1.20 bits per heavy atom. The average Bonchev–Trinajstić information content (AvgIpc) is 3.18. The summed E-state index contributed by atoms with van der Waals surface area (Å²) in [6.07, 6.45) is 8.60. The van der Waals surface area contributed by atoms with Crippen LogP contribution in [0.5, 0.6) is 0 Å². The second-order valence-electron chi connectivity index (χ2n) is 5.97. The fourth-order valence-corrected chi connectivity index (χ4v) is 2.89. The lowest BCUT2D eigenvalue weighted by molar-refractivity contribution is -0.116. The normalized spacial score (nSPS) is 14.2. The van der Waals surface area contributed by atoms with Gasteiger partial charge in [0, 0.05) is 32.3 Å². The lowest BCUT2D eigenvalue weighted by Crippen LogP contribution is -2.31. The molecule has 1 aliphatic rings. The van der Waals surface area contributed by atoms with Crippen molar-refractivity contribution in [3.05, 3.63) is 42.6 Å². The summed E-state index contributed by atoms with van der Waals surface area (Å²) in [6, 6.07) is 5.15. The van der Waals surface area contributed by atoms with Crippen molar-refractivity contribution < 1.29 is 14.0 Å². The molecule has 1 saturated heterocycles. The van der Waals surface area contributed by atoms with Crippen LogP contribution in [0, 0.1) is 0 Å². The average molecular weight is 342 g/mol. The van der Waals surface area contributed by atoms with Gasteiger partial charge < -0.3 is 20.0 Å². The molecule has 7 nitrogen and oxygen atoms in total. The molecule has 0 aliphatic carbocycles. The Bertz CT molecular complexity index is 709. The summed E-state index contributed by atoms with van der Waals surface area (Å²) >= 11 is 0. The lowest BCUT2D eigenvalue weighted by Gasteiger charge is -2.30. The maximum absolute atomic E-state index is 12.2. The number of hydrogen-bond donors (Lipinski definition) is 2. The van der Waals surface area contributed by atoms with Crippen LogP contribution in [0.4, 0.5) is 11.4 Å². The first-order valence-corrected chi connectivity index (χ1v) is 8.54. The van der Waals surface area contributed by atoms with Crippen molar-refractivity contribution in [3.63, 3.8) is 0 Å². The number of hydrogen-bond acceptors (Lipinski definition) is 5. The molecule has 0 radical (unpaired) electrons. The summed E-state index contributed by atoms with van der Waals surface area (Å²) in [7, 11) is 0. The number of aromatic nitrogens is 1. The van der Waals surface area contributed by atoms with E-state index in [1.165, 1.54) is 12.7 Å². The first-order valence-electron chi connectivity index (χ1n) is 8.54. The summed E-state index contributed by atoms with van der Waals surface area (Å²) in [4.78, 5) is 30.3. The number of carbonyl (C=O) groups is 2. The molecular weight excluding hydrogens is 320 g/mol. The van der Waals surface area contributed by atoms with Crippen LogP contribution in [0.15, 0.2) is 41.3 Å². The molecule has 0 unspecified atom stereocenters. The first kappa shape index (κ1) is 17.0. The molecule has 132 valence electrons. The molecule has 2 amide bonds. The maximum Gasteiger partial charge on any atom is 0.286 e. The highest BCUT2D eigenvalue weighted by Gasteiger charge is 2.16. The van der Waals surface area contributed by atoms with Crippen molar-refractivity contribution in [1.29, 1.82) is 0 Å². The van der Waals surface area contributed by atoms with Gasteiger partial charge in [0.05, 0.1) is 23.8 Å². The predicted molar refractivity (Wildman–Crippen MR) is 94.6 cm³/mol. The Hall–Kier alpha value is -2.83. The maximum atomic E-state index is 12.2. The minimum Gasteiger partial charge on any atom is -0.459 e. The summed E-state index contributed by atoms with van der Waals surface area (Å²) < 4.78 is 5.00. The summed E-state index contributed by atoms with van der Waals surface area (Å²) in [5.41, 5.74) is 1.72. The number of nitrogens with zero attached hydrogens (tertiary/aromatic N) is 2. The molecule has 2 aromatic heterocycles. The Kier molecular flexibility index (Phi) is 5.66. The molecule has 1 fully saturated rings. The molecule has 0 spiro atoms. The van der Waals surface area contributed by atoms with Gasteiger partial charge in [-0.1, -0.05) is 0 Å². The van der Waals surface area contributed by atoms with Gasteiger partial charge in [-0.2, -0.15) is 0 Å². The standard InChI is InChI=1S/C18H22N4O3/c23-17(7-9-20-18(24)16-5-4-12-25-16)21-14-13-19-8-6-15(14)22-10-2-1-3-11-22/h4-6,8,12-13H,1-3,7,9-11H2,(H,20,24)(H,21,23). The second-order valence-corrected chi connectivity index (χ2v) is 5.97. The van der Waals surface area contributed by atoms with Gasteiger partial charge in [-0.25, -0.2) is 0 Å². The molecule has 1 aliphatic heterocycles. The molecule has 7 heteroatoms. The van der Waals surface area contributed by atoms with Gasteiger partial charge in [-0.05, 0) is 37.5 Å². The third-order valence-corrected chi connectivity index (χ3v) is 4.15. The fraction of sp³-hybridized carbons (Fsp3) is 0.389. The number of carbonyl (C=O) groups excluding carboxylic acids is 2. The Balaban J connectivity index is 1.52. The third kappa shape index (κ3) is 4.59. The molecule has 0 atom stereocenters. The van der Waals surface area contributed by atoms with Crippen LogP contribution < -0.4 is 15.5 Å². The van der Waals surface area contributed by atoms with Crippen LogP contribution in [0.1, 0.15) is 36.2 Å². The SMILES string of the molecule is O=C(CCNC(=O)c1ccco1)Nc1cnccc1N1CCCCC1. The molecule has 0 saturated carbocycles. The van der Waals surface area contributed by atoms with Crippen molar-refractivity contribution >= 4 is 23.2 Å². The molecular formula is C18H22N4O3. The number of nitrogens with one attached hydrogen (secondary N) is 2. The predicted octanol–water partition coefficient (Wildman–Crippen LogP) is 2.42. The van der Waals surface area contributed by atoms with E-state index in [0.717, 1.165) is 31.6 Å². The van der Waals surface area contributed by atoms with E-state index in [1.807, 2.05) is 6.07 Å². The van der Waals surface area contributed by atoms with Gasteiger partial charge in [0.25, 0.3) is 5.91 Å². The molecule has 2 aromatic rings. The van der Waals surface area contributed by atoms with E-state index in [1.54, 1.807) is 24.5 Å². The molecule has 0 bridgehead atoms. The topological polar surface area (TPSA) is 87.5 Å². The molecule has 0 aromatic carbocycles. The van der Waals surface area contributed by atoms with Crippen molar-refractivity contribution in [2.24, 2.45) is 0 Å². The van der Waals surface area contributed by atoms with Gasteiger partial charge in [-0.3, -0.25) is 14.6 Å². The van der Waals surface area contributed by atoms with Gasteiger partial charge in [0.2, 0.25) is 5.91 Å². The Morgan fingerprint density at radius 2 is 2.04 bits per heavy atom. The van der Waals surface area contributed by atoms with Gasteiger partial charge in [-0.15, -0.1) is 0 Å². The molecule has 25 heavy (non-hydrogen) atoms. The largest absolute Gasteiger partial charge is 0.459 e. The lowest BCUT2D eigenvalue weighted by atomic mass is 10.1. The number of piperidine rings is 1. The second kappa shape index (κ2) is 8.32.